The molecule has 0 aromatic heterocycles. The Kier molecular flexibility index (Phi) is 5.15. The largest absolute Gasteiger partial charge is 0.496 e. The first kappa shape index (κ1) is 13.7. The molecule has 0 radical (unpaired) electrons. The van der Waals surface area contributed by atoms with Crippen molar-refractivity contribution in [2.45, 2.75) is 0 Å². The van der Waals surface area contributed by atoms with Crippen molar-refractivity contribution in [2.75, 3.05) is 33.3 Å². The van der Waals surface area contributed by atoms with Gasteiger partial charge in [0.1, 0.15) is 22.8 Å². The van der Waals surface area contributed by atoms with Gasteiger partial charge in [0.25, 0.3) is 0 Å². The van der Waals surface area contributed by atoms with E-state index < -0.39 is 0 Å². The number of carbonyl (C=O) groups excluding carboxylic acids is 1. The number of ketones is 1. The highest BCUT2D eigenvalue weighted by atomic mass is 32.2. The summed E-state index contributed by atoms with van der Waals surface area (Å²) in [4.78, 5) is 12.0. The Hall–Kier alpha value is -1.36. The second-order valence-corrected chi connectivity index (χ2v) is 4.13. The average molecular weight is 256 g/mol. The molecule has 0 amide bonds. The van der Waals surface area contributed by atoms with E-state index in [1.165, 1.54) is 26.0 Å². The Morgan fingerprint density at radius 1 is 1.12 bits per heavy atom. The lowest BCUT2D eigenvalue weighted by atomic mass is 10.1. The van der Waals surface area contributed by atoms with Gasteiger partial charge in [-0.3, -0.25) is 4.79 Å². The van der Waals surface area contributed by atoms with Crippen LogP contribution in [0.1, 0.15) is 10.4 Å². The van der Waals surface area contributed by atoms with Gasteiger partial charge in [-0.05, 0) is 6.26 Å². The molecule has 0 spiro atoms. The fourth-order valence-electron chi connectivity index (χ4n) is 1.48. The van der Waals surface area contributed by atoms with Crippen molar-refractivity contribution in [1.29, 1.82) is 0 Å². The van der Waals surface area contributed by atoms with Crippen molar-refractivity contribution in [3.05, 3.63) is 17.7 Å². The van der Waals surface area contributed by atoms with E-state index in [0.29, 0.717) is 28.6 Å². The number of hydrogen-bond donors (Lipinski definition) is 0. The topological polar surface area (TPSA) is 44.8 Å². The Bertz CT molecular complexity index is 378. The molecular formula is C12H16O4S. The summed E-state index contributed by atoms with van der Waals surface area (Å²) in [6.07, 6.45) is 1.88. The molecule has 0 aliphatic carbocycles. The van der Waals surface area contributed by atoms with Gasteiger partial charge in [0, 0.05) is 12.1 Å². The third kappa shape index (κ3) is 3.06. The molecule has 0 aliphatic heterocycles. The molecule has 0 bridgehead atoms. The molecule has 5 heteroatoms. The summed E-state index contributed by atoms with van der Waals surface area (Å²) in [6, 6.07) is 3.35. The van der Waals surface area contributed by atoms with Gasteiger partial charge in [-0.15, -0.1) is 0 Å². The molecule has 0 unspecified atom stereocenters. The second-order valence-electron chi connectivity index (χ2n) is 3.26. The third-order valence-corrected chi connectivity index (χ3v) is 2.82. The number of thioether (sulfide) groups is 1. The van der Waals surface area contributed by atoms with Crippen molar-refractivity contribution in [2.24, 2.45) is 0 Å². The standard InChI is InChI=1S/C12H16O4S/c1-14-8-5-10(15-2)12(9(13)7-17-4)11(6-8)16-3/h5-6H,7H2,1-4H3. The van der Waals surface area contributed by atoms with Crippen molar-refractivity contribution >= 4 is 17.5 Å². The molecule has 4 nitrogen and oxygen atoms in total. The monoisotopic (exact) mass is 256 g/mol. The lowest BCUT2D eigenvalue weighted by Gasteiger charge is -2.13. The molecule has 94 valence electrons. The zero-order valence-electron chi connectivity index (χ0n) is 10.4. The normalized spacial score (nSPS) is 9.88. The number of Topliss-reactive ketones (excluding diaryl/α,β-unsaturated/α-hetero) is 1. The SMILES string of the molecule is COc1cc(OC)c(C(=O)CSC)c(OC)c1. The van der Waals surface area contributed by atoms with Gasteiger partial charge in [0.15, 0.2) is 5.78 Å². The van der Waals surface area contributed by atoms with Crippen LogP contribution >= 0.6 is 11.8 Å². The predicted molar refractivity (Wildman–Crippen MR) is 68.8 cm³/mol. The van der Waals surface area contributed by atoms with E-state index in [-0.39, 0.29) is 5.78 Å². The van der Waals surface area contributed by atoms with Crippen LogP contribution in [0, 0.1) is 0 Å². The summed E-state index contributed by atoms with van der Waals surface area (Å²) in [5.41, 5.74) is 0.463. The van der Waals surface area contributed by atoms with Crippen LogP contribution in [-0.2, 0) is 0 Å². The minimum atomic E-state index is -0.0196. The minimum Gasteiger partial charge on any atom is -0.496 e. The van der Waals surface area contributed by atoms with E-state index in [4.69, 9.17) is 14.2 Å². The zero-order valence-corrected chi connectivity index (χ0v) is 11.2. The molecule has 0 fully saturated rings. The first-order valence-corrected chi connectivity index (χ1v) is 6.39. The predicted octanol–water partition coefficient (Wildman–Crippen LogP) is 2.26. The molecule has 1 rings (SSSR count). The molecule has 0 heterocycles. The molecule has 1 aromatic carbocycles. The number of methoxy groups -OCH3 is 3. The summed E-state index contributed by atoms with van der Waals surface area (Å²) in [5.74, 6) is 1.91. The Labute approximate surface area is 105 Å². The molecule has 0 saturated heterocycles. The number of rotatable bonds is 6. The Morgan fingerprint density at radius 2 is 1.65 bits per heavy atom. The highest BCUT2D eigenvalue weighted by Gasteiger charge is 2.19. The minimum absolute atomic E-state index is 0.0196. The van der Waals surface area contributed by atoms with Gasteiger partial charge < -0.3 is 14.2 Å². The maximum Gasteiger partial charge on any atom is 0.180 e. The number of carbonyl (C=O) groups is 1. The fraction of sp³-hybridized carbons (Fsp3) is 0.417. The first-order valence-electron chi connectivity index (χ1n) is 5.00. The maximum absolute atomic E-state index is 12.0. The summed E-state index contributed by atoms with van der Waals surface area (Å²) < 4.78 is 15.5. The summed E-state index contributed by atoms with van der Waals surface area (Å²) >= 11 is 1.46. The molecule has 0 N–H and O–H groups in total. The molecule has 0 saturated carbocycles. The van der Waals surface area contributed by atoms with E-state index in [2.05, 4.69) is 0 Å². The van der Waals surface area contributed by atoms with Crippen LogP contribution in [0.3, 0.4) is 0 Å². The Morgan fingerprint density at radius 3 is 2.00 bits per heavy atom. The van der Waals surface area contributed by atoms with Gasteiger partial charge in [-0.1, -0.05) is 0 Å². The number of benzene rings is 1. The average Bonchev–Trinajstić information content (AvgIpc) is 2.37. The first-order chi connectivity index (χ1) is 8.17. The molecular weight excluding hydrogens is 240 g/mol. The lowest BCUT2D eigenvalue weighted by molar-refractivity contribution is 0.101. The van der Waals surface area contributed by atoms with Crippen LogP contribution in [0.25, 0.3) is 0 Å². The van der Waals surface area contributed by atoms with E-state index in [1.807, 2.05) is 6.26 Å². The molecule has 0 atom stereocenters. The fourth-order valence-corrected chi connectivity index (χ4v) is 1.89. The van der Waals surface area contributed by atoms with Crippen molar-refractivity contribution in [3.8, 4) is 17.2 Å². The molecule has 17 heavy (non-hydrogen) atoms. The summed E-state index contributed by atoms with van der Waals surface area (Å²) in [5, 5.41) is 0. The lowest BCUT2D eigenvalue weighted by Crippen LogP contribution is -2.07. The van der Waals surface area contributed by atoms with Crippen molar-refractivity contribution < 1.29 is 19.0 Å². The van der Waals surface area contributed by atoms with Crippen LogP contribution in [0.15, 0.2) is 12.1 Å². The van der Waals surface area contributed by atoms with Crippen molar-refractivity contribution in [1.82, 2.24) is 0 Å². The molecule has 1 aromatic rings. The van der Waals surface area contributed by atoms with E-state index in [9.17, 15) is 4.79 Å². The zero-order chi connectivity index (χ0) is 12.8. The summed E-state index contributed by atoms with van der Waals surface area (Å²) in [6.45, 7) is 0. The van der Waals surface area contributed by atoms with Crippen LogP contribution in [0.4, 0.5) is 0 Å². The highest BCUT2D eigenvalue weighted by molar-refractivity contribution is 7.99. The second kappa shape index (κ2) is 6.39. The highest BCUT2D eigenvalue weighted by Crippen LogP contribution is 2.34. The van der Waals surface area contributed by atoms with Crippen LogP contribution < -0.4 is 14.2 Å². The van der Waals surface area contributed by atoms with Crippen molar-refractivity contribution in [3.63, 3.8) is 0 Å². The quantitative estimate of drug-likeness (QED) is 0.730. The Balaban J connectivity index is 3.29. The van der Waals surface area contributed by atoms with E-state index >= 15 is 0 Å². The molecule has 0 aliphatic rings. The van der Waals surface area contributed by atoms with E-state index in [0.717, 1.165) is 0 Å². The van der Waals surface area contributed by atoms with Gasteiger partial charge >= 0.3 is 0 Å². The van der Waals surface area contributed by atoms with Gasteiger partial charge in [0.2, 0.25) is 0 Å². The third-order valence-electron chi connectivity index (χ3n) is 2.27. The van der Waals surface area contributed by atoms with E-state index in [1.54, 1.807) is 19.2 Å². The van der Waals surface area contributed by atoms with Gasteiger partial charge in [0.05, 0.1) is 27.1 Å². The van der Waals surface area contributed by atoms with Crippen LogP contribution in [-0.4, -0.2) is 39.1 Å². The summed E-state index contributed by atoms with van der Waals surface area (Å²) in [7, 11) is 4.59. The van der Waals surface area contributed by atoms with Crippen LogP contribution in [0.5, 0.6) is 17.2 Å². The number of hydrogen-bond acceptors (Lipinski definition) is 5. The smallest absolute Gasteiger partial charge is 0.180 e. The van der Waals surface area contributed by atoms with Crippen LogP contribution in [0.2, 0.25) is 0 Å². The van der Waals surface area contributed by atoms with Gasteiger partial charge in [-0.2, -0.15) is 11.8 Å². The van der Waals surface area contributed by atoms with Gasteiger partial charge in [-0.25, -0.2) is 0 Å². The number of ether oxygens (including phenoxy) is 3. The maximum atomic E-state index is 12.0.